The zero-order valence-electron chi connectivity index (χ0n) is 14.4. The fourth-order valence-corrected chi connectivity index (χ4v) is 2.92. The van der Waals surface area contributed by atoms with Crippen molar-refractivity contribution in [3.63, 3.8) is 0 Å². The van der Waals surface area contributed by atoms with Crippen molar-refractivity contribution in [3.8, 4) is 0 Å². The third-order valence-corrected chi connectivity index (χ3v) is 4.32. The molecule has 1 aliphatic heterocycles. The molecule has 1 aromatic carbocycles. The van der Waals surface area contributed by atoms with Crippen LogP contribution in [0.4, 0.5) is 11.4 Å². The van der Waals surface area contributed by atoms with E-state index >= 15 is 0 Å². The van der Waals surface area contributed by atoms with Crippen LogP contribution >= 0.6 is 0 Å². The number of non-ortho nitro benzene ring substituents is 1. The molecule has 25 heavy (non-hydrogen) atoms. The molecule has 0 radical (unpaired) electrons. The van der Waals surface area contributed by atoms with Gasteiger partial charge in [-0.1, -0.05) is 6.07 Å². The first kappa shape index (κ1) is 18.9. The molecule has 136 valence electrons. The molecule has 0 saturated carbocycles. The standard InChI is InChI=1S/C17H23N3O5/c1-3-25-17(22)13-6-5-9-19(11-13)12(2)16(21)18-14-7-4-8-15(10-14)20(23)24/h4,7-8,10,12-13H,3,5-6,9,11H2,1-2H3,(H,18,21). The normalized spacial score (nSPS) is 19.0. The number of ether oxygens (including phenoxy) is 1. The molecular formula is C17H23N3O5. The SMILES string of the molecule is CCOC(=O)C1CCCN(C(C)C(=O)Nc2cccc([N+](=O)[O-])c2)C1. The minimum absolute atomic E-state index is 0.0780. The number of carbonyl (C=O) groups is 2. The highest BCUT2D eigenvalue weighted by molar-refractivity contribution is 5.94. The van der Waals surface area contributed by atoms with Crippen LogP contribution in [0.2, 0.25) is 0 Å². The van der Waals surface area contributed by atoms with Crippen LogP contribution in [0, 0.1) is 16.0 Å². The smallest absolute Gasteiger partial charge is 0.310 e. The van der Waals surface area contributed by atoms with E-state index in [-0.39, 0.29) is 23.5 Å². The summed E-state index contributed by atoms with van der Waals surface area (Å²) in [6, 6.07) is 5.37. The first-order valence-electron chi connectivity index (χ1n) is 8.38. The minimum atomic E-state index is -0.506. The van der Waals surface area contributed by atoms with Gasteiger partial charge in [0, 0.05) is 24.4 Å². The molecular weight excluding hydrogens is 326 g/mol. The summed E-state index contributed by atoms with van der Waals surface area (Å²) in [5.41, 5.74) is 0.302. The van der Waals surface area contributed by atoms with Crippen molar-refractivity contribution >= 4 is 23.3 Å². The Bertz CT molecular complexity index is 649. The Morgan fingerprint density at radius 1 is 1.48 bits per heavy atom. The molecule has 0 aromatic heterocycles. The Hall–Kier alpha value is -2.48. The maximum Gasteiger partial charge on any atom is 0.310 e. The Morgan fingerprint density at radius 3 is 2.92 bits per heavy atom. The number of carbonyl (C=O) groups excluding carboxylic acids is 2. The van der Waals surface area contributed by atoms with Crippen LogP contribution in [-0.4, -0.2) is 47.4 Å². The summed E-state index contributed by atoms with van der Waals surface area (Å²) in [5, 5.41) is 13.5. The van der Waals surface area contributed by atoms with Crippen molar-refractivity contribution in [1.29, 1.82) is 0 Å². The molecule has 1 aliphatic rings. The molecule has 1 aromatic rings. The average Bonchev–Trinajstić information content (AvgIpc) is 2.61. The number of likely N-dealkylation sites (tertiary alicyclic amines) is 1. The second kappa shape index (κ2) is 8.57. The summed E-state index contributed by atoms with van der Waals surface area (Å²) < 4.78 is 5.07. The maximum atomic E-state index is 12.5. The quantitative estimate of drug-likeness (QED) is 0.480. The number of hydrogen-bond donors (Lipinski definition) is 1. The number of nitro benzene ring substituents is 1. The van der Waals surface area contributed by atoms with E-state index in [0.717, 1.165) is 19.4 Å². The van der Waals surface area contributed by atoms with E-state index in [4.69, 9.17) is 4.74 Å². The fourth-order valence-electron chi connectivity index (χ4n) is 2.92. The van der Waals surface area contributed by atoms with Crippen molar-refractivity contribution in [1.82, 2.24) is 4.90 Å². The van der Waals surface area contributed by atoms with Gasteiger partial charge in [-0.15, -0.1) is 0 Å². The second-order valence-electron chi connectivity index (χ2n) is 6.06. The molecule has 0 aliphatic carbocycles. The summed E-state index contributed by atoms with van der Waals surface area (Å²) in [6.45, 7) is 5.08. The monoisotopic (exact) mass is 349 g/mol. The van der Waals surface area contributed by atoms with Gasteiger partial charge in [0.15, 0.2) is 0 Å². The first-order valence-corrected chi connectivity index (χ1v) is 8.38. The lowest BCUT2D eigenvalue weighted by Crippen LogP contribution is -2.48. The summed E-state index contributed by atoms with van der Waals surface area (Å²) >= 11 is 0. The average molecular weight is 349 g/mol. The number of hydrogen-bond acceptors (Lipinski definition) is 6. The van der Waals surface area contributed by atoms with Crippen molar-refractivity contribution in [2.24, 2.45) is 5.92 Å². The molecule has 1 amide bonds. The molecule has 1 heterocycles. The van der Waals surface area contributed by atoms with Crippen LogP contribution in [0.15, 0.2) is 24.3 Å². The molecule has 2 unspecified atom stereocenters. The number of anilines is 1. The van der Waals surface area contributed by atoms with Crippen LogP contribution in [0.25, 0.3) is 0 Å². The second-order valence-corrected chi connectivity index (χ2v) is 6.06. The van der Waals surface area contributed by atoms with Gasteiger partial charge in [0.2, 0.25) is 5.91 Å². The largest absolute Gasteiger partial charge is 0.466 e. The van der Waals surface area contributed by atoms with Gasteiger partial charge in [-0.25, -0.2) is 0 Å². The summed E-state index contributed by atoms with van der Waals surface area (Å²) in [5.74, 6) is -0.703. The summed E-state index contributed by atoms with van der Waals surface area (Å²) in [7, 11) is 0. The number of rotatable bonds is 6. The molecule has 8 heteroatoms. The topological polar surface area (TPSA) is 102 Å². The van der Waals surface area contributed by atoms with E-state index in [9.17, 15) is 19.7 Å². The molecule has 2 rings (SSSR count). The van der Waals surface area contributed by atoms with Gasteiger partial charge in [-0.3, -0.25) is 24.6 Å². The van der Waals surface area contributed by atoms with E-state index < -0.39 is 11.0 Å². The van der Waals surface area contributed by atoms with Crippen LogP contribution < -0.4 is 5.32 Å². The number of nitrogens with one attached hydrogen (secondary N) is 1. The van der Waals surface area contributed by atoms with Gasteiger partial charge in [0.25, 0.3) is 5.69 Å². The fraction of sp³-hybridized carbons (Fsp3) is 0.529. The molecule has 0 bridgehead atoms. The zero-order chi connectivity index (χ0) is 18.4. The Balaban J connectivity index is 1.98. The van der Waals surface area contributed by atoms with Crippen LogP contribution in [0.1, 0.15) is 26.7 Å². The molecule has 1 saturated heterocycles. The van der Waals surface area contributed by atoms with Crippen molar-refractivity contribution in [2.45, 2.75) is 32.7 Å². The molecule has 1 fully saturated rings. The van der Waals surface area contributed by atoms with E-state index in [1.165, 1.54) is 18.2 Å². The van der Waals surface area contributed by atoms with Gasteiger partial charge < -0.3 is 10.1 Å². The van der Waals surface area contributed by atoms with Gasteiger partial charge in [-0.2, -0.15) is 0 Å². The number of esters is 1. The van der Waals surface area contributed by atoms with Gasteiger partial charge >= 0.3 is 5.97 Å². The van der Waals surface area contributed by atoms with Gasteiger partial charge in [0.1, 0.15) is 0 Å². The van der Waals surface area contributed by atoms with Crippen LogP contribution in [0.5, 0.6) is 0 Å². The molecule has 8 nitrogen and oxygen atoms in total. The third-order valence-electron chi connectivity index (χ3n) is 4.32. The Labute approximate surface area is 146 Å². The highest BCUT2D eigenvalue weighted by atomic mass is 16.6. The number of benzene rings is 1. The lowest BCUT2D eigenvalue weighted by Gasteiger charge is -2.35. The number of amides is 1. The lowest BCUT2D eigenvalue weighted by atomic mass is 9.97. The minimum Gasteiger partial charge on any atom is -0.466 e. The summed E-state index contributed by atoms with van der Waals surface area (Å²) in [6.07, 6.45) is 1.58. The van der Waals surface area contributed by atoms with Crippen LogP contribution in [-0.2, 0) is 14.3 Å². The van der Waals surface area contributed by atoms with E-state index in [2.05, 4.69) is 5.32 Å². The lowest BCUT2D eigenvalue weighted by molar-refractivity contribution is -0.384. The van der Waals surface area contributed by atoms with Gasteiger partial charge in [-0.05, 0) is 39.3 Å². The van der Waals surface area contributed by atoms with Crippen LogP contribution in [0.3, 0.4) is 0 Å². The van der Waals surface area contributed by atoms with E-state index in [1.54, 1.807) is 19.9 Å². The van der Waals surface area contributed by atoms with Crippen molar-refractivity contribution < 1.29 is 19.2 Å². The summed E-state index contributed by atoms with van der Waals surface area (Å²) in [4.78, 5) is 36.6. The Kier molecular flexibility index (Phi) is 6.46. The third kappa shape index (κ3) is 4.99. The maximum absolute atomic E-state index is 12.5. The number of nitro groups is 1. The molecule has 2 atom stereocenters. The van der Waals surface area contributed by atoms with Crippen molar-refractivity contribution in [3.05, 3.63) is 34.4 Å². The predicted octanol–water partition coefficient (Wildman–Crippen LogP) is 2.20. The first-order chi connectivity index (χ1) is 11.9. The number of piperidine rings is 1. The highest BCUT2D eigenvalue weighted by Crippen LogP contribution is 2.21. The highest BCUT2D eigenvalue weighted by Gasteiger charge is 2.31. The van der Waals surface area contributed by atoms with Gasteiger partial charge in [0.05, 0.1) is 23.5 Å². The molecule has 1 N–H and O–H groups in total. The van der Waals surface area contributed by atoms with Crippen molar-refractivity contribution in [2.75, 3.05) is 25.0 Å². The number of nitrogens with zero attached hydrogens (tertiary/aromatic N) is 2. The zero-order valence-corrected chi connectivity index (χ0v) is 14.4. The van der Waals surface area contributed by atoms with E-state index in [1.807, 2.05) is 4.90 Å². The molecule has 0 spiro atoms. The Morgan fingerprint density at radius 2 is 2.24 bits per heavy atom. The predicted molar refractivity (Wildman–Crippen MR) is 92.1 cm³/mol. The van der Waals surface area contributed by atoms with E-state index in [0.29, 0.717) is 18.8 Å².